The Morgan fingerprint density at radius 2 is 1.92 bits per heavy atom. The van der Waals surface area contributed by atoms with Crippen molar-refractivity contribution in [2.45, 2.75) is 19.8 Å². The molecule has 0 aliphatic heterocycles. The molecule has 0 saturated heterocycles. The van der Waals surface area contributed by atoms with Crippen LogP contribution >= 0.6 is 11.3 Å². The molecule has 0 aliphatic carbocycles. The van der Waals surface area contributed by atoms with Gasteiger partial charge in [0, 0.05) is 10.6 Å². The molecule has 0 unspecified atom stereocenters. The number of carbonyl (C=O) groups excluding carboxylic acids is 2. The summed E-state index contributed by atoms with van der Waals surface area (Å²) in [7, 11) is 0. The Morgan fingerprint density at radius 1 is 1.17 bits per heavy atom. The third-order valence-electron chi connectivity index (χ3n) is 3.59. The van der Waals surface area contributed by atoms with Crippen molar-refractivity contribution in [1.82, 2.24) is 15.8 Å². The summed E-state index contributed by atoms with van der Waals surface area (Å²) in [5, 5.41) is 0. The molecule has 1 aromatic carbocycles. The lowest BCUT2D eigenvalue weighted by atomic mass is 10.2. The first-order valence-electron chi connectivity index (χ1n) is 7.65. The molecule has 2 aromatic heterocycles. The van der Waals surface area contributed by atoms with Crippen LogP contribution in [-0.2, 0) is 6.42 Å². The SMILES string of the molecule is CCCc1cc2[nH]c(C(=O)NNC(=O)c3ccccc3N)cc2s1. The number of H-pyrrole nitrogens is 1. The number of aromatic amines is 1. The van der Waals surface area contributed by atoms with Crippen LogP contribution in [0.3, 0.4) is 0 Å². The van der Waals surface area contributed by atoms with Gasteiger partial charge < -0.3 is 10.7 Å². The van der Waals surface area contributed by atoms with Crippen molar-refractivity contribution in [2.75, 3.05) is 5.73 Å². The Morgan fingerprint density at radius 3 is 2.62 bits per heavy atom. The second-order valence-electron chi connectivity index (χ2n) is 5.42. The largest absolute Gasteiger partial charge is 0.398 e. The molecule has 0 saturated carbocycles. The van der Waals surface area contributed by atoms with Gasteiger partial charge in [0.05, 0.1) is 15.8 Å². The molecule has 24 heavy (non-hydrogen) atoms. The van der Waals surface area contributed by atoms with E-state index in [-0.39, 0.29) is 0 Å². The van der Waals surface area contributed by atoms with E-state index in [4.69, 9.17) is 5.73 Å². The summed E-state index contributed by atoms with van der Waals surface area (Å²) in [6.07, 6.45) is 2.12. The van der Waals surface area contributed by atoms with Gasteiger partial charge in [-0.1, -0.05) is 25.5 Å². The lowest BCUT2D eigenvalue weighted by Gasteiger charge is -2.08. The highest BCUT2D eigenvalue weighted by molar-refractivity contribution is 7.19. The number of fused-ring (bicyclic) bond motifs is 1. The van der Waals surface area contributed by atoms with Gasteiger partial charge >= 0.3 is 0 Å². The van der Waals surface area contributed by atoms with Crippen LogP contribution < -0.4 is 16.6 Å². The van der Waals surface area contributed by atoms with Crippen LogP contribution in [0.15, 0.2) is 36.4 Å². The molecular formula is C17H18N4O2S. The molecule has 0 atom stereocenters. The summed E-state index contributed by atoms with van der Waals surface area (Å²) in [6, 6.07) is 10.5. The maximum Gasteiger partial charge on any atom is 0.286 e. The maximum absolute atomic E-state index is 12.2. The van der Waals surface area contributed by atoms with Crippen LogP contribution in [0.2, 0.25) is 0 Å². The highest BCUT2D eigenvalue weighted by atomic mass is 32.1. The minimum atomic E-state index is -0.458. The number of rotatable bonds is 4. The van der Waals surface area contributed by atoms with Crippen molar-refractivity contribution in [3.8, 4) is 0 Å². The summed E-state index contributed by atoms with van der Waals surface area (Å²) in [4.78, 5) is 28.5. The van der Waals surface area contributed by atoms with E-state index in [2.05, 4.69) is 28.8 Å². The number of nitrogens with one attached hydrogen (secondary N) is 3. The van der Waals surface area contributed by atoms with Crippen LogP contribution in [0, 0.1) is 0 Å². The fourth-order valence-electron chi connectivity index (χ4n) is 2.42. The standard InChI is InChI=1S/C17H18N4O2S/c1-2-5-10-8-13-15(24-10)9-14(19-13)17(23)21-20-16(22)11-6-3-4-7-12(11)18/h3-4,6-9,19H,2,5,18H2,1H3,(H,20,22)(H,21,23). The zero-order chi connectivity index (χ0) is 17.1. The number of anilines is 1. The molecule has 3 aromatic rings. The number of aromatic nitrogens is 1. The van der Waals surface area contributed by atoms with Gasteiger partial charge in [-0.25, -0.2) is 0 Å². The predicted molar refractivity (Wildman–Crippen MR) is 96.0 cm³/mol. The van der Waals surface area contributed by atoms with E-state index < -0.39 is 11.8 Å². The molecule has 0 radical (unpaired) electrons. The van der Waals surface area contributed by atoms with E-state index in [1.54, 1.807) is 41.7 Å². The number of amides is 2. The Kier molecular flexibility index (Phi) is 4.52. The molecule has 6 nitrogen and oxygen atoms in total. The van der Waals surface area contributed by atoms with Crippen molar-refractivity contribution in [2.24, 2.45) is 0 Å². The summed E-state index contributed by atoms with van der Waals surface area (Å²) in [5.74, 6) is -0.863. The molecule has 0 spiro atoms. The highest BCUT2D eigenvalue weighted by Gasteiger charge is 2.14. The Balaban J connectivity index is 1.65. The molecular weight excluding hydrogens is 324 g/mol. The number of carbonyl (C=O) groups is 2. The van der Waals surface area contributed by atoms with Crippen molar-refractivity contribution in [1.29, 1.82) is 0 Å². The van der Waals surface area contributed by atoms with E-state index >= 15 is 0 Å². The molecule has 124 valence electrons. The molecule has 3 rings (SSSR count). The first kappa shape index (κ1) is 16.1. The fraction of sp³-hybridized carbons (Fsp3) is 0.176. The van der Waals surface area contributed by atoms with Crippen molar-refractivity contribution >= 4 is 39.1 Å². The molecule has 7 heteroatoms. The third kappa shape index (κ3) is 3.26. The van der Waals surface area contributed by atoms with E-state index in [9.17, 15) is 9.59 Å². The number of nitrogens with two attached hydrogens (primary N) is 1. The maximum atomic E-state index is 12.2. The van der Waals surface area contributed by atoms with E-state index in [1.807, 2.05) is 0 Å². The molecule has 0 bridgehead atoms. The number of thiophene rings is 1. The third-order valence-corrected chi connectivity index (χ3v) is 4.73. The topological polar surface area (TPSA) is 100 Å². The van der Waals surface area contributed by atoms with Crippen LogP contribution in [0.25, 0.3) is 10.2 Å². The Hall–Kier alpha value is -2.80. The zero-order valence-corrected chi connectivity index (χ0v) is 14.0. The minimum Gasteiger partial charge on any atom is -0.398 e. The Labute approximate surface area is 143 Å². The molecule has 2 amide bonds. The van der Waals surface area contributed by atoms with Gasteiger partial charge in [0.1, 0.15) is 5.69 Å². The molecule has 2 heterocycles. The van der Waals surface area contributed by atoms with E-state index in [0.717, 1.165) is 23.1 Å². The van der Waals surface area contributed by atoms with E-state index in [1.165, 1.54) is 4.88 Å². The Bertz CT molecular complexity index is 866. The zero-order valence-electron chi connectivity index (χ0n) is 13.2. The van der Waals surface area contributed by atoms with Crippen LogP contribution in [0.5, 0.6) is 0 Å². The lowest BCUT2D eigenvalue weighted by molar-refractivity contribution is 0.0845. The number of benzene rings is 1. The van der Waals surface area contributed by atoms with Crippen LogP contribution in [0.1, 0.15) is 39.1 Å². The number of nitrogen functional groups attached to an aromatic ring is 1. The quantitative estimate of drug-likeness (QED) is 0.433. The molecule has 0 aliphatic rings. The van der Waals surface area contributed by atoms with Gasteiger partial charge in [-0.05, 0) is 30.7 Å². The summed E-state index contributed by atoms with van der Waals surface area (Å²) >= 11 is 1.67. The van der Waals surface area contributed by atoms with E-state index in [0.29, 0.717) is 16.9 Å². The first-order valence-corrected chi connectivity index (χ1v) is 8.46. The van der Waals surface area contributed by atoms with Crippen LogP contribution in [-0.4, -0.2) is 16.8 Å². The normalized spacial score (nSPS) is 10.7. The van der Waals surface area contributed by atoms with Gasteiger partial charge in [-0.3, -0.25) is 20.4 Å². The average Bonchev–Trinajstić information content (AvgIpc) is 3.11. The van der Waals surface area contributed by atoms with Crippen molar-refractivity contribution in [3.05, 3.63) is 52.5 Å². The van der Waals surface area contributed by atoms with Gasteiger partial charge in [0.25, 0.3) is 11.8 Å². The summed E-state index contributed by atoms with van der Waals surface area (Å²) in [6.45, 7) is 2.13. The van der Waals surface area contributed by atoms with Crippen molar-refractivity contribution in [3.63, 3.8) is 0 Å². The summed E-state index contributed by atoms with van der Waals surface area (Å²) in [5.41, 5.74) is 12.5. The first-order chi connectivity index (χ1) is 11.6. The molecule has 5 N–H and O–H groups in total. The number of hydrazine groups is 1. The monoisotopic (exact) mass is 342 g/mol. The van der Waals surface area contributed by atoms with Gasteiger partial charge in [-0.2, -0.15) is 0 Å². The highest BCUT2D eigenvalue weighted by Crippen LogP contribution is 2.27. The molecule has 0 fully saturated rings. The lowest BCUT2D eigenvalue weighted by Crippen LogP contribution is -2.42. The number of hydrogen-bond acceptors (Lipinski definition) is 4. The predicted octanol–water partition coefficient (Wildman–Crippen LogP) is 2.84. The van der Waals surface area contributed by atoms with Gasteiger partial charge in [0.15, 0.2) is 0 Å². The second-order valence-corrected chi connectivity index (χ2v) is 6.59. The van der Waals surface area contributed by atoms with Gasteiger partial charge in [0.2, 0.25) is 0 Å². The average molecular weight is 342 g/mol. The number of para-hydroxylation sites is 1. The van der Waals surface area contributed by atoms with Gasteiger partial charge in [-0.15, -0.1) is 11.3 Å². The second kappa shape index (κ2) is 6.76. The fourth-order valence-corrected chi connectivity index (χ4v) is 3.58. The number of hydrogen-bond donors (Lipinski definition) is 4. The summed E-state index contributed by atoms with van der Waals surface area (Å²) < 4.78 is 1.03. The smallest absolute Gasteiger partial charge is 0.286 e. The van der Waals surface area contributed by atoms with Crippen LogP contribution in [0.4, 0.5) is 5.69 Å². The minimum absolute atomic E-state index is 0.314. The van der Waals surface area contributed by atoms with Crippen molar-refractivity contribution < 1.29 is 9.59 Å². The number of aryl methyl sites for hydroxylation is 1.